The van der Waals surface area contributed by atoms with Gasteiger partial charge in [-0.3, -0.25) is 9.59 Å². The van der Waals surface area contributed by atoms with E-state index in [1.54, 1.807) is 0 Å². The average molecular weight is 287 g/mol. The molecular formula is C17H21NO3. The summed E-state index contributed by atoms with van der Waals surface area (Å²) >= 11 is 0. The lowest BCUT2D eigenvalue weighted by Crippen LogP contribution is -2.41. The summed E-state index contributed by atoms with van der Waals surface area (Å²) in [5.74, 6) is -1.27. The second-order valence-electron chi connectivity index (χ2n) is 6.43. The van der Waals surface area contributed by atoms with Gasteiger partial charge in [-0.05, 0) is 43.6 Å². The fraction of sp³-hybridized carbons (Fsp3) is 0.529. The Hall–Kier alpha value is -1.84. The van der Waals surface area contributed by atoms with Crippen LogP contribution in [0.15, 0.2) is 24.3 Å². The van der Waals surface area contributed by atoms with Crippen LogP contribution in [0.3, 0.4) is 0 Å². The van der Waals surface area contributed by atoms with Crippen LogP contribution in [-0.2, 0) is 16.1 Å². The lowest BCUT2D eigenvalue weighted by atomic mass is 9.78. The topological polar surface area (TPSA) is 66.4 Å². The summed E-state index contributed by atoms with van der Waals surface area (Å²) in [6.45, 7) is 2.49. The number of fused-ring (bicyclic) bond motifs is 2. The van der Waals surface area contributed by atoms with Crippen molar-refractivity contribution in [2.75, 3.05) is 0 Å². The lowest BCUT2D eigenvalue weighted by Gasteiger charge is -2.27. The quantitative estimate of drug-likeness (QED) is 0.893. The fourth-order valence-electron chi connectivity index (χ4n) is 4.04. The minimum Gasteiger partial charge on any atom is -0.481 e. The van der Waals surface area contributed by atoms with E-state index >= 15 is 0 Å². The highest BCUT2D eigenvalue weighted by Crippen LogP contribution is 2.52. The number of carboxylic acid groups (broad SMARTS) is 1. The molecule has 112 valence electrons. The van der Waals surface area contributed by atoms with Gasteiger partial charge in [0.1, 0.15) is 0 Å². The molecule has 2 bridgehead atoms. The zero-order chi connectivity index (χ0) is 15.0. The molecule has 0 aliphatic heterocycles. The number of nitrogens with one attached hydrogen (secondary N) is 1. The van der Waals surface area contributed by atoms with Crippen LogP contribution in [0.2, 0.25) is 0 Å². The van der Waals surface area contributed by atoms with Crippen molar-refractivity contribution in [2.45, 2.75) is 32.7 Å². The van der Waals surface area contributed by atoms with Crippen LogP contribution in [0.4, 0.5) is 0 Å². The molecule has 0 saturated heterocycles. The first-order valence-electron chi connectivity index (χ1n) is 7.62. The van der Waals surface area contributed by atoms with E-state index in [1.165, 1.54) is 5.56 Å². The molecule has 1 amide bonds. The number of hydrogen-bond donors (Lipinski definition) is 2. The number of benzene rings is 1. The second-order valence-corrected chi connectivity index (χ2v) is 6.43. The van der Waals surface area contributed by atoms with E-state index in [1.807, 2.05) is 31.2 Å². The Balaban J connectivity index is 1.64. The van der Waals surface area contributed by atoms with Gasteiger partial charge in [-0.2, -0.15) is 0 Å². The van der Waals surface area contributed by atoms with Gasteiger partial charge in [0.15, 0.2) is 0 Å². The number of hydrogen-bond acceptors (Lipinski definition) is 2. The van der Waals surface area contributed by atoms with Crippen LogP contribution in [-0.4, -0.2) is 17.0 Å². The standard InChI is InChI=1S/C17H21NO3/c1-10-2-4-11(5-3-10)9-18-16(19)14-12-6-7-13(8-12)15(14)17(20)21/h2-5,12-15H,6-9H2,1H3,(H,18,19)(H,20,21). The fourth-order valence-corrected chi connectivity index (χ4v) is 4.04. The maximum atomic E-state index is 12.4. The van der Waals surface area contributed by atoms with Crippen LogP contribution < -0.4 is 5.32 Å². The highest BCUT2D eigenvalue weighted by Gasteiger charge is 2.53. The largest absolute Gasteiger partial charge is 0.481 e. The second kappa shape index (κ2) is 5.51. The number of carbonyl (C=O) groups excluding carboxylic acids is 1. The molecule has 2 saturated carbocycles. The van der Waals surface area contributed by atoms with E-state index in [0.29, 0.717) is 6.54 Å². The number of rotatable bonds is 4. The van der Waals surface area contributed by atoms with Gasteiger partial charge in [0.05, 0.1) is 11.8 Å². The summed E-state index contributed by atoms with van der Waals surface area (Å²) < 4.78 is 0. The van der Waals surface area contributed by atoms with Crippen LogP contribution in [0.1, 0.15) is 30.4 Å². The first-order chi connectivity index (χ1) is 10.1. The van der Waals surface area contributed by atoms with E-state index < -0.39 is 11.9 Å². The predicted octanol–water partition coefficient (Wildman–Crippen LogP) is 2.36. The zero-order valence-electron chi connectivity index (χ0n) is 12.2. The van der Waals surface area contributed by atoms with Crippen LogP contribution in [0, 0.1) is 30.6 Å². The number of carbonyl (C=O) groups is 2. The maximum absolute atomic E-state index is 12.4. The number of carboxylic acids is 1. The molecule has 0 aromatic heterocycles. The molecular weight excluding hydrogens is 266 g/mol. The van der Waals surface area contributed by atoms with Gasteiger partial charge in [-0.1, -0.05) is 29.8 Å². The molecule has 4 heteroatoms. The number of aliphatic carboxylic acids is 1. The molecule has 2 fully saturated rings. The van der Waals surface area contributed by atoms with E-state index in [2.05, 4.69) is 5.32 Å². The van der Waals surface area contributed by atoms with Crippen molar-refractivity contribution in [3.8, 4) is 0 Å². The molecule has 4 nitrogen and oxygen atoms in total. The van der Waals surface area contributed by atoms with Crippen LogP contribution >= 0.6 is 0 Å². The van der Waals surface area contributed by atoms with Crippen LogP contribution in [0.5, 0.6) is 0 Å². The molecule has 3 rings (SSSR count). The Labute approximate surface area is 124 Å². The Morgan fingerprint density at radius 3 is 2.38 bits per heavy atom. The van der Waals surface area contributed by atoms with E-state index in [9.17, 15) is 14.7 Å². The molecule has 4 unspecified atom stereocenters. The smallest absolute Gasteiger partial charge is 0.307 e. The van der Waals surface area contributed by atoms with Crippen molar-refractivity contribution in [2.24, 2.45) is 23.7 Å². The third-order valence-electron chi connectivity index (χ3n) is 5.09. The van der Waals surface area contributed by atoms with Gasteiger partial charge in [0.2, 0.25) is 5.91 Å². The number of aryl methyl sites for hydroxylation is 1. The van der Waals surface area contributed by atoms with Crippen LogP contribution in [0.25, 0.3) is 0 Å². The van der Waals surface area contributed by atoms with E-state index in [0.717, 1.165) is 24.8 Å². The minimum absolute atomic E-state index is 0.0878. The summed E-state index contributed by atoms with van der Waals surface area (Å²) in [5, 5.41) is 12.3. The lowest BCUT2D eigenvalue weighted by molar-refractivity contribution is -0.149. The van der Waals surface area contributed by atoms with E-state index in [4.69, 9.17) is 0 Å². The monoisotopic (exact) mass is 287 g/mol. The molecule has 21 heavy (non-hydrogen) atoms. The molecule has 2 N–H and O–H groups in total. The normalized spacial score (nSPS) is 30.3. The van der Waals surface area contributed by atoms with Gasteiger partial charge < -0.3 is 10.4 Å². The van der Waals surface area contributed by atoms with Crippen molar-refractivity contribution < 1.29 is 14.7 Å². The predicted molar refractivity (Wildman–Crippen MR) is 78.5 cm³/mol. The minimum atomic E-state index is -0.808. The zero-order valence-corrected chi connectivity index (χ0v) is 12.2. The van der Waals surface area contributed by atoms with Crippen molar-refractivity contribution in [3.63, 3.8) is 0 Å². The number of amides is 1. The third kappa shape index (κ3) is 2.67. The molecule has 0 spiro atoms. The van der Waals surface area contributed by atoms with Crippen molar-refractivity contribution in [1.29, 1.82) is 0 Å². The summed E-state index contributed by atoms with van der Waals surface area (Å²) in [6.07, 6.45) is 2.86. The van der Waals surface area contributed by atoms with Crippen molar-refractivity contribution in [3.05, 3.63) is 35.4 Å². The van der Waals surface area contributed by atoms with Gasteiger partial charge in [-0.25, -0.2) is 0 Å². The molecule has 1 aromatic rings. The van der Waals surface area contributed by atoms with E-state index in [-0.39, 0.29) is 23.7 Å². The highest BCUT2D eigenvalue weighted by atomic mass is 16.4. The average Bonchev–Trinajstić information content (AvgIpc) is 3.06. The molecule has 2 aliphatic rings. The SMILES string of the molecule is Cc1ccc(CNC(=O)C2C3CCC(C3)C2C(=O)O)cc1. The molecule has 2 aliphatic carbocycles. The first-order valence-corrected chi connectivity index (χ1v) is 7.62. The summed E-state index contributed by atoms with van der Waals surface area (Å²) in [4.78, 5) is 23.9. The summed E-state index contributed by atoms with van der Waals surface area (Å²) in [6, 6.07) is 8.01. The summed E-state index contributed by atoms with van der Waals surface area (Å²) in [5.41, 5.74) is 2.23. The first kappa shape index (κ1) is 14.1. The summed E-state index contributed by atoms with van der Waals surface area (Å²) in [7, 11) is 0. The van der Waals surface area contributed by atoms with Gasteiger partial charge in [0, 0.05) is 6.54 Å². The Morgan fingerprint density at radius 2 is 1.76 bits per heavy atom. The molecule has 1 aromatic carbocycles. The maximum Gasteiger partial charge on any atom is 0.307 e. The molecule has 4 atom stereocenters. The van der Waals surface area contributed by atoms with Gasteiger partial charge in [-0.15, -0.1) is 0 Å². The molecule has 0 radical (unpaired) electrons. The Kier molecular flexibility index (Phi) is 3.70. The van der Waals surface area contributed by atoms with Gasteiger partial charge >= 0.3 is 5.97 Å². The third-order valence-corrected chi connectivity index (χ3v) is 5.09. The van der Waals surface area contributed by atoms with Crippen molar-refractivity contribution in [1.82, 2.24) is 5.32 Å². The Bertz CT molecular complexity index is 552. The van der Waals surface area contributed by atoms with Crippen molar-refractivity contribution >= 4 is 11.9 Å². The van der Waals surface area contributed by atoms with Gasteiger partial charge in [0.25, 0.3) is 0 Å². The Morgan fingerprint density at radius 1 is 1.14 bits per heavy atom. The molecule has 0 heterocycles. The highest BCUT2D eigenvalue weighted by molar-refractivity contribution is 5.86.